The monoisotopic (exact) mass is 411 g/mol. The number of carbonyl (C=O) groups excluding carboxylic acids is 1. The summed E-state index contributed by atoms with van der Waals surface area (Å²) in [6.07, 6.45) is 12.9. The van der Waals surface area contributed by atoms with Crippen molar-refractivity contribution in [2.45, 2.75) is 104 Å². The van der Waals surface area contributed by atoms with Crippen LogP contribution in [0.15, 0.2) is 42.5 Å². The molecule has 0 bridgehead atoms. The molecule has 0 aliphatic carbocycles. The normalized spacial score (nSPS) is 13.2. The van der Waals surface area contributed by atoms with Crippen LogP contribution in [0.4, 0.5) is 4.79 Å². The molecule has 2 unspecified atom stereocenters. The third-order valence-corrected chi connectivity index (χ3v) is 5.91. The summed E-state index contributed by atoms with van der Waals surface area (Å²) >= 11 is 0. The van der Waals surface area contributed by atoms with Crippen molar-refractivity contribution in [1.29, 1.82) is 0 Å². The summed E-state index contributed by atoms with van der Waals surface area (Å²) in [7, 11) is 0. The van der Waals surface area contributed by atoms with Crippen LogP contribution in [0.3, 0.4) is 0 Å². The van der Waals surface area contributed by atoms with Crippen molar-refractivity contribution < 1.29 is 9.53 Å². The third kappa shape index (κ3) is 8.38. The van der Waals surface area contributed by atoms with E-state index in [-0.39, 0.29) is 18.2 Å². The van der Waals surface area contributed by atoms with Gasteiger partial charge in [-0.15, -0.1) is 0 Å². The van der Waals surface area contributed by atoms with Crippen molar-refractivity contribution in [1.82, 2.24) is 5.32 Å². The van der Waals surface area contributed by atoms with Crippen LogP contribution in [-0.2, 0) is 4.74 Å². The molecule has 2 aromatic carbocycles. The van der Waals surface area contributed by atoms with Crippen molar-refractivity contribution in [3.63, 3.8) is 0 Å². The second-order valence-corrected chi connectivity index (χ2v) is 8.51. The fraction of sp³-hybridized carbons (Fsp3) is 0.593. The maximum atomic E-state index is 12.6. The molecule has 0 saturated heterocycles. The van der Waals surface area contributed by atoms with E-state index in [0.717, 1.165) is 37.7 Å². The molecule has 0 aliphatic heterocycles. The highest BCUT2D eigenvalue weighted by molar-refractivity contribution is 5.86. The Morgan fingerprint density at radius 2 is 1.47 bits per heavy atom. The second-order valence-electron chi connectivity index (χ2n) is 8.51. The molecule has 2 atom stereocenters. The first-order chi connectivity index (χ1) is 14.7. The lowest BCUT2D eigenvalue weighted by Gasteiger charge is -2.21. The van der Waals surface area contributed by atoms with Crippen molar-refractivity contribution >= 4 is 16.9 Å². The predicted molar refractivity (Wildman–Crippen MR) is 128 cm³/mol. The molecule has 3 nitrogen and oxygen atoms in total. The summed E-state index contributed by atoms with van der Waals surface area (Å²) < 4.78 is 5.85. The second kappa shape index (κ2) is 14.1. The van der Waals surface area contributed by atoms with Gasteiger partial charge in [0.1, 0.15) is 6.10 Å². The largest absolute Gasteiger partial charge is 0.446 e. The Morgan fingerprint density at radius 1 is 0.833 bits per heavy atom. The fourth-order valence-corrected chi connectivity index (χ4v) is 4.09. The molecule has 3 heteroatoms. The average Bonchev–Trinajstić information content (AvgIpc) is 2.76. The van der Waals surface area contributed by atoms with Gasteiger partial charge in [0.05, 0.1) is 6.04 Å². The predicted octanol–water partition coefficient (Wildman–Crippen LogP) is 8.33. The summed E-state index contributed by atoms with van der Waals surface area (Å²) in [5.74, 6) is 0. The van der Waals surface area contributed by atoms with E-state index in [1.807, 2.05) is 25.1 Å². The number of benzene rings is 2. The van der Waals surface area contributed by atoms with Crippen LogP contribution in [0.25, 0.3) is 10.8 Å². The van der Waals surface area contributed by atoms with E-state index >= 15 is 0 Å². The molecule has 1 amide bonds. The Morgan fingerprint density at radius 3 is 2.23 bits per heavy atom. The lowest BCUT2D eigenvalue weighted by Crippen LogP contribution is -2.31. The van der Waals surface area contributed by atoms with Gasteiger partial charge < -0.3 is 10.1 Å². The SMILES string of the molecule is CCCCCCCCCC(CCCC)OC(=O)NC(C)c1cccc2ccccc12. The van der Waals surface area contributed by atoms with Gasteiger partial charge in [-0.1, -0.05) is 108 Å². The van der Waals surface area contributed by atoms with Crippen LogP contribution in [-0.4, -0.2) is 12.2 Å². The minimum Gasteiger partial charge on any atom is -0.446 e. The van der Waals surface area contributed by atoms with Crippen LogP contribution >= 0.6 is 0 Å². The van der Waals surface area contributed by atoms with E-state index in [1.165, 1.54) is 49.3 Å². The number of nitrogens with one attached hydrogen (secondary N) is 1. The molecule has 30 heavy (non-hydrogen) atoms. The van der Waals surface area contributed by atoms with Gasteiger partial charge in [0, 0.05) is 0 Å². The minimum atomic E-state index is -0.292. The molecule has 2 aromatic rings. The van der Waals surface area contributed by atoms with E-state index in [4.69, 9.17) is 4.74 Å². The Balaban J connectivity index is 1.83. The lowest BCUT2D eigenvalue weighted by molar-refractivity contribution is 0.0822. The lowest BCUT2D eigenvalue weighted by atomic mass is 10.00. The Bertz CT molecular complexity index is 737. The summed E-state index contributed by atoms with van der Waals surface area (Å²) in [6.45, 7) is 6.47. The van der Waals surface area contributed by atoms with Gasteiger partial charge in [-0.05, 0) is 42.5 Å². The van der Waals surface area contributed by atoms with E-state index in [2.05, 4.69) is 43.4 Å². The van der Waals surface area contributed by atoms with Gasteiger partial charge in [-0.25, -0.2) is 4.79 Å². The number of ether oxygens (including phenoxy) is 1. The van der Waals surface area contributed by atoms with Gasteiger partial charge in [0.15, 0.2) is 0 Å². The molecule has 0 fully saturated rings. The highest BCUT2D eigenvalue weighted by Crippen LogP contribution is 2.24. The number of unbranched alkanes of at least 4 members (excludes halogenated alkanes) is 7. The third-order valence-electron chi connectivity index (χ3n) is 5.91. The highest BCUT2D eigenvalue weighted by atomic mass is 16.6. The zero-order valence-electron chi connectivity index (χ0n) is 19.3. The quantitative estimate of drug-likeness (QED) is 0.317. The zero-order chi connectivity index (χ0) is 21.6. The molecule has 0 radical (unpaired) electrons. The zero-order valence-corrected chi connectivity index (χ0v) is 19.3. The molecule has 0 spiro atoms. The Labute approximate surface area is 183 Å². The van der Waals surface area contributed by atoms with Crippen LogP contribution < -0.4 is 5.32 Å². The summed E-state index contributed by atoms with van der Waals surface area (Å²) in [6, 6.07) is 14.4. The average molecular weight is 412 g/mol. The van der Waals surface area contributed by atoms with Crippen molar-refractivity contribution in [2.24, 2.45) is 0 Å². The Kier molecular flexibility index (Phi) is 11.4. The number of amides is 1. The van der Waals surface area contributed by atoms with Gasteiger partial charge in [0.25, 0.3) is 0 Å². The number of fused-ring (bicyclic) bond motifs is 1. The molecule has 0 aromatic heterocycles. The molecular weight excluding hydrogens is 370 g/mol. The van der Waals surface area contributed by atoms with Crippen LogP contribution in [0.2, 0.25) is 0 Å². The van der Waals surface area contributed by atoms with Crippen LogP contribution in [0, 0.1) is 0 Å². The maximum Gasteiger partial charge on any atom is 0.407 e. The smallest absolute Gasteiger partial charge is 0.407 e. The molecule has 0 saturated carbocycles. The molecule has 0 heterocycles. The minimum absolute atomic E-state index is 0.0281. The van der Waals surface area contributed by atoms with E-state index in [1.54, 1.807) is 0 Å². The molecule has 2 rings (SSSR count). The van der Waals surface area contributed by atoms with Crippen LogP contribution in [0.1, 0.15) is 103 Å². The van der Waals surface area contributed by atoms with Gasteiger partial charge >= 0.3 is 6.09 Å². The number of carbonyl (C=O) groups is 1. The molecule has 166 valence electrons. The van der Waals surface area contributed by atoms with Gasteiger partial charge in [0.2, 0.25) is 0 Å². The molecule has 0 aliphatic rings. The summed E-state index contributed by atoms with van der Waals surface area (Å²) in [4.78, 5) is 12.6. The van der Waals surface area contributed by atoms with Crippen LogP contribution in [0.5, 0.6) is 0 Å². The van der Waals surface area contributed by atoms with E-state index < -0.39 is 0 Å². The first kappa shape index (κ1) is 24.2. The number of rotatable bonds is 14. The molecular formula is C27H41NO2. The standard InChI is InChI=1S/C27H41NO2/c1-4-6-8-9-10-11-12-19-24(18-7-5-2)30-27(29)28-22(3)25-21-15-17-23-16-13-14-20-26(23)25/h13-17,20-22,24H,4-12,18-19H2,1-3H3,(H,28,29). The van der Waals surface area contributed by atoms with E-state index in [9.17, 15) is 4.79 Å². The number of hydrogen-bond acceptors (Lipinski definition) is 2. The summed E-state index contributed by atoms with van der Waals surface area (Å²) in [5.41, 5.74) is 1.13. The molecule has 1 N–H and O–H groups in total. The maximum absolute atomic E-state index is 12.6. The van der Waals surface area contributed by atoms with Gasteiger partial charge in [-0.3, -0.25) is 0 Å². The fourth-order valence-electron chi connectivity index (χ4n) is 4.09. The van der Waals surface area contributed by atoms with Crippen molar-refractivity contribution in [2.75, 3.05) is 0 Å². The highest BCUT2D eigenvalue weighted by Gasteiger charge is 2.17. The number of hydrogen-bond donors (Lipinski definition) is 1. The first-order valence-electron chi connectivity index (χ1n) is 12.1. The van der Waals surface area contributed by atoms with Crippen molar-refractivity contribution in [3.05, 3.63) is 48.0 Å². The number of alkyl carbamates (subject to hydrolysis) is 1. The first-order valence-corrected chi connectivity index (χ1v) is 12.1. The summed E-state index contributed by atoms with van der Waals surface area (Å²) in [5, 5.41) is 5.43. The van der Waals surface area contributed by atoms with E-state index in [0.29, 0.717) is 0 Å². The van der Waals surface area contributed by atoms with Crippen molar-refractivity contribution in [3.8, 4) is 0 Å². The van der Waals surface area contributed by atoms with Gasteiger partial charge in [-0.2, -0.15) is 0 Å². The topological polar surface area (TPSA) is 38.3 Å². The Hall–Kier alpha value is -2.03.